The highest BCUT2D eigenvalue weighted by Crippen LogP contribution is 2.18. The van der Waals surface area contributed by atoms with Crippen molar-refractivity contribution in [3.8, 4) is 0 Å². The van der Waals surface area contributed by atoms with Crippen molar-refractivity contribution in [1.82, 2.24) is 9.97 Å². The Hall–Kier alpha value is -1.52. The number of hydrogen-bond donors (Lipinski definition) is 6. The number of aliphatic hydroxyl groups is 4. The zero-order valence-electron chi connectivity index (χ0n) is 9.18. The number of rotatable bonds is 1. The molecule has 1 aliphatic rings. The molecule has 2 heterocycles. The predicted molar refractivity (Wildman–Crippen MR) is 57.7 cm³/mol. The van der Waals surface area contributed by atoms with Crippen LogP contribution in [-0.2, 0) is 4.74 Å². The fourth-order valence-electron chi connectivity index (χ4n) is 1.26. The number of aliphatic hydroxyl groups excluding tert-OH is 4. The summed E-state index contributed by atoms with van der Waals surface area (Å²) in [4.78, 5) is 24.7. The van der Waals surface area contributed by atoms with Gasteiger partial charge in [0.05, 0.1) is 6.61 Å². The Labute approximate surface area is 100 Å². The fourth-order valence-corrected chi connectivity index (χ4v) is 1.26. The standard InChI is InChI=1S/C5H10O5.C4H4N2O2/c6-1-2-3(7)4(8)5(9)10-2;7-3-1-2-5-4(8)6-3/h2-9H,1H2;1-2H,(H2,5,6,7,8)/t2-,3-,4+,5?;/m1./s1. The molecule has 0 saturated carbocycles. The predicted octanol–water partition coefficient (Wildman–Crippen LogP) is -3.52. The smallest absolute Gasteiger partial charge is 0.325 e. The van der Waals surface area contributed by atoms with Crippen LogP contribution < -0.4 is 11.2 Å². The van der Waals surface area contributed by atoms with Crippen molar-refractivity contribution in [2.45, 2.75) is 24.6 Å². The SMILES string of the molecule is O=c1cc[nH]c(=O)[nH]1.OC[C@H]1OC(O)[C@@H](O)[C@@H]1O. The lowest BCUT2D eigenvalue weighted by atomic mass is 10.1. The lowest BCUT2D eigenvalue weighted by Crippen LogP contribution is -2.33. The van der Waals surface area contributed by atoms with Crippen molar-refractivity contribution in [3.63, 3.8) is 0 Å². The third kappa shape index (κ3) is 3.75. The Kier molecular flexibility index (Phi) is 5.19. The lowest BCUT2D eigenvalue weighted by molar-refractivity contribution is -0.132. The van der Waals surface area contributed by atoms with Crippen LogP contribution in [0, 0.1) is 0 Å². The Balaban J connectivity index is 0.000000184. The molecule has 0 bridgehead atoms. The molecule has 9 heteroatoms. The summed E-state index contributed by atoms with van der Waals surface area (Å²) in [5, 5.41) is 35.0. The van der Waals surface area contributed by atoms with Crippen molar-refractivity contribution in [2.75, 3.05) is 6.61 Å². The van der Waals surface area contributed by atoms with Gasteiger partial charge in [-0.15, -0.1) is 0 Å². The molecule has 2 rings (SSSR count). The zero-order chi connectivity index (χ0) is 13.7. The second-order valence-electron chi connectivity index (χ2n) is 3.52. The van der Waals surface area contributed by atoms with Gasteiger partial charge in [0.15, 0.2) is 6.29 Å². The average molecular weight is 262 g/mol. The second kappa shape index (κ2) is 6.42. The van der Waals surface area contributed by atoms with Gasteiger partial charge in [0.2, 0.25) is 0 Å². The minimum absolute atomic E-state index is 0.381. The molecule has 18 heavy (non-hydrogen) atoms. The number of hydrogen-bond acceptors (Lipinski definition) is 7. The quantitative estimate of drug-likeness (QED) is 0.306. The average Bonchev–Trinajstić information content (AvgIpc) is 2.57. The van der Waals surface area contributed by atoms with Crippen LogP contribution in [0.2, 0.25) is 0 Å². The highest BCUT2D eigenvalue weighted by atomic mass is 16.6. The summed E-state index contributed by atoms with van der Waals surface area (Å²) in [6, 6.07) is 1.24. The van der Waals surface area contributed by atoms with E-state index in [0.717, 1.165) is 0 Å². The fraction of sp³-hybridized carbons (Fsp3) is 0.556. The van der Waals surface area contributed by atoms with Gasteiger partial charge < -0.3 is 30.1 Å². The van der Waals surface area contributed by atoms with Crippen molar-refractivity contribution in [3.05, 3.63) is 33.1 Å². The normalized spacial score (nSPS) is 30.7. The minimum atomic E-state index is -1.38. The molecule has 4 atom stereocenters. The lowest BCUT2D eigenvalue weighted by Gasteiger charge is -2.09. The maximum absolute atomic E-state index is 10.2. The molecule has 0 radical (unpaired) electrons. The van der Waals surface area contributed by atoms with Gasteiger partial charge >= 0.3 is 5.69 Å². The molecule has 6 N–H and O–H groups in total. The van der Waals surface area contributed by atoms with Crippen LogP contribution in [0.1, 0.15) is 0 Å². The van der Waals surface area contributed by atoms with Crippen molar-refractivity contribution < 1.29 is 25.2 Å². The molecule has 0 spiro atoms. The first-order valence-electron chi connectivity index (χ1n) is 5.04. The summed E-state index contributed by atoms with van der Waals surface area (Å²) >= 11 is 0. The summed E-state index contributed by atoms with van der Waals surface area (Å²) in [6.45, 7) is -0.407. The molecule has 1 saturated heterocycles. The molecular formula is C9H14N2O7. The summed E-state index contributed by atoms with van der Waals surface area (Å²) in [5.74, 6) is 0. The number of aromatic amines is 2. The highest BCUT2D eigenvalue weighted by molar-refractivity contribution is 4.84. The Morgan fingerprint density at radius 1 is 1.22 bits per heavy atom. The molecule has 0 amide bonds. The molecule has 1 unspecified atom stereocenters. The molecule has 102 valence electrons. The summed E-state index contributed by atoms with van der Waals surface area (Å²) < 4.78 is 4.54. The van der Waals surface area contributed by atoms with E-state index in [2.05, 4.69) is 9.72 Å². The van der Waals surface area contributed by atoms with Crippen molar-refractivity contribution >= 4 is 0 Å². The molecule has 1 aromatic rings. The van der Waals surface area contributed by atoms with E-state index in [4.69, 9.17) is 20.4 Å². The topological polar surface area (TPSA) is 156 Å². The number of ether oxygens (including phenoxy) is 1. The van der Waals surface area contributed by atoms with E-state index in [-0.39, 0.29) is 5.56 Å². The molecule has 0 aliphatic carbocycles. The van der Waals surface area contributed by atoms with Gasteiger partial charge in [0.25, 0.3) is 5.56 Å². The summed E-state index contributed by atoms with van der Waals surface area (Å²) in [6.07, 6.45) is -3.46. The van der Waals surface area contributed by atoms with E-state index < -0.39 is 36.9 Å². The Morgan fingerprint density at radius 3 is 2.17 bits per heavy atom. The second-order valence-corrected chi connectivity index (χ2v) is 3.52. The van der Waals surface area contributed by atoms with Gasteiger partial charge in [0, 0.05) is 12.3 Å². The maximum atomic E-state index is 10.2. The first-order chi connectivity index (χ1) is 8.45. The first kappa shape index (κ1) is 14.5. The molecule has 1 aliphatic heterocycles. The molecule has 1 fully saturated rings. The van der Waals surface area contributed by atoms with E-state index in [1.807, 2.05) is 4.98 Å². The van der Waals surface area contributed by atoms with Gasteiger partial charge in [-0.05, 0) is 0 Å². The Morgan fingerprint density at radius 2 is 1.89 bits per heavy atom. The maximum Gasteiger partial charge on any atom is 0.325 e. The van der Waals surface area contributed by atoms with Crippen LogP contribution in [0.4, 0.5) is 0 Å². The molecule has 9 nitrogen and oxygen atoms in total. The summed E-state index contributed by atoms with van der Waals surface area (Å²) in [5.41, 5.74) is -0.855. The first-order valence-corrected chi connectivity index (χ1v) is 5.04. The van der Waals surface area contributed by atoms with E-state index >= 15 is 0 Å². The minimum Gasteiger partial charge on any atom is -0.394 e. The van der Waals surface area contributed by atoms with Crippen LogP contribution in [-0.4, -0.2) is 61.6 Å². The van der Waals surface area contributed by atoms with Crippen LogP contribution in [0.5, 0.6) is 0 Å². The van der Waals surface area contributed by atoms with Gasteiger partial charge in [-0.25, -0.2) is 4.79 Å². The number of nitrogens with one attached hydrogen (secondary N) is 2. The van der Waals surface area contributed by atoms with Gasteiger partial charge in [-0.1, -0.05) is 0 Å². The molecule has 0 aromatic carbocycles. The summed E-state index contributed by atoms with van der Waals surface area (Å²) in [7, 11) is 0. The van der Waals surface area contributed by atoms with E-state index in [1.54, 1.807) is 0 Å². The third-order valence-corrected chi connectivity index (χ3v) is 2.20. The third-order valence-electron chi connectivity index (χ3n) is 2.20. The van der Waals surface area contributed by atoms with E-state index in [1.165, 1.54) is 12.3 Å². The van der Waals surface area contributed by atoms with Gasteiger partial charge in [-0.2, -0.15) is 0 Å². The van der Waals surface area contributed by atoms with Gasteiger partial charge in [0.1, 0.15) is 18.3 Å². The van der Waals surface area contributed by atoms with Crippen LogP contribution in [0.15, 0.2) is 21.9 Å². The molecule has 1 aromatic heterocycles. The Bertz CT molecular complexity index is 445. The largest absolute Gasteiger partial charge is 0.394 e. The number of H-pyrrole nitrogens is 2. The van der Waals surface area contributed by atoms with E-state index in [9.17, 15) is 9.59 Å². The van der Waals surface area contributed by atoms with Crippen LogP contribution >= 0.6 is 0 Å². The monoisotopic (exact) mass is 262 g/mol. The highest BCUT2D eigenvalue weighted by Gasteiger charge is 2.41. The van der Waals surface area contributed by atoms with Crippen LogP contribution in [0.3, 0.4) is 0 Å². The zero-order valence-corrected chi connectivity index (χ0v) is 9.18. The van der Waals surface area contributed by atoms with Crippen LogP contribution in [0.25, 0.3) is 0 Å². The number of aromatic nitrogens is 2. The molecular weight excluding hydrogens is 248 g/mol. The van der Waals surface area contributed by atoms with Gasteiger partial charge in [-0.3, -0.25) is 9.78 Å². The van der Waals surface area contributed by atoms with Crippen molar-refractivity contribution in [1.29, 1.82) is 0 Å². The van der Waals surface area contributed by atoms with Crippen molar-refractivity contribution in [2.24, 2.45) is 0 Å². The van der Waals surface area contributed by atoms with E-state index in [0.29, 0.717) is 0 Å².